The van der Waals surface area contributed by atoms with Crippen molar-refractivity contribution in [2.24, 2.45) is 0 Å². The van der Waals surface area contributed by atoms with E-state index in [9.17, 15) is 9.59 Å². The summed E-state index contributed by atoms with van der Waals surface area (Å²) in [4.78, 5) is 22.0. The third kappa shape index (κ3) is 8.20. The molecule has 0 aliphatic heterocycles. The summed E-state index contributed by atoms with van der Waals surface area (Å²) < 4.78 is 0. The van der Waals surface area contributed by atoms with Crippen LogP contribution in [0.3, 0.4) is 0 Å². The molecule has 4 aromatic rings. The third-order valence-electron chi connectivity index (χ3n) is 5.96. The summed E-state index contributed by atoms with van der Waals surface area (Å²) in [6, 6.07) is 27.6. The predicted molar refractivity (Wildman–Crippen MR) is 154 cm³/mol. The van der Waals surface area contributed by atoms with Crippen molar-refractivity contribution in [1.82, 2.24) is 0 Å². The summed E-state index contributed by atoms with van der Waals surface area (Å²) in [5.74, 6) is -1.41. The normalized spacial score (nSPS) is 11.1. The first kappa shape index (κ1) is 28.5. The zero-order valence-corrected chi connectivity index (χ0v) is 21.5. The van der Waals surface area contributed by atoms with Gasteiger partial charge in [0.25, 0.3) is 0 Å². The first-order valence-corrected chi connectivity index (χ1v) is 12.4. The number of carboxylic acids is 2. The van der Waals surface area contributed by atoms with Gasteiger partial charge >= 0.3 is 11.9 Å². The van der Waals surface area contributed by atoms with Gasteiger partial charge in [-0.25, -0.2) is 9.59 Å². The van der Waals surface area contributed by atoms with Crippen molar-refractivity contribution in [1.29, 1.82) is 0 Å². The molecule has 1 aliphatic carbocycles. The van der Waals surface area contributed by atoms with E-state index in [2.05, 4.69) is 18.2 Å². The molecule has 6 nitrogen and oxygen atoms in total. The summed E-state index contributed by atoms with van der Waals surface area (Å²) in [6.45, 7) is 2.01. The Morgan fingerprint density at radius 1 is 0.692 bits per heavy atom. The SMILES string of the molecule is CCc1cc2c(c(C=CC(=O)O)c1C=CC(=O)O)Cc1ccccc1-2.Oc1ccccc1.Oc1ccccc1. The lowest BCUT2D eigenvalue weighted by Gasteiger charge is -2.14. The molecule has 0 aromatic heterocycles. The van der Waals surface area contributed by atoms with Crippen molar-refractivity contribution < 1.29 is 30.0 Å². The molecule has 0 fully saturated rings. The quantitative estimate of drug-likeness (QED) is 0.189. The van der Waals surface area contributed by atoms with Crippen LogP contribution in [0.2, 0.25) is 0 Å². The van der Waals surface area contributed by atoms with E-state index in [-0.39, 0.29) is 0 Å². The van der Waals surface area contributed by atoms with Gasteiger partial charge in [0.15, 0.2) is 0 Å². The van der Waals surface area contributed by atoms with Gasteiger partial charge in [0.1, 0.15) is 11.5 Å². The van der Waals surface area contributed by atoms with E-state index in [1.807, 2.05) is 31.2 Å². The Balaban J connectivity index is 0.000000243. The molecular weight excluding hydrogens is 492 g/mol. The molecule has 0 heterocycles. The standard InChI is InChI=1S/C21H18O4.2C6H6O/c1-2-13-11-18-15-6-4-3-5-14(15)12-19(18)17(8-10-21(24)25)16(13)7-9-20(22)23;2*7-6-4-2-1-3-5-6/h3-11H,2,12H2,1H3,(H,22,23)(H,24,25);2*1-5,7H. The van der Waals surface area contributed by atoms with Gasteiger partial charge in [-0.15, -0.1) is 0 Å². The zero-order valence-electron chi connectivity index (χ0n) is 21.5. The molecular formula is C33H30O6. The van der Waals surface area contributed by atoms with E-state index in [4.69, 9.17) is 20.4 Å². The van der Waals surface area contributed by atoms with Crippen molar-refractivity contribution in [3.8, 4) is 22.6 Å². The predicted octanol–water partition coefficient (Wildman–Crippen LogP) is 6.80. The van der Waals surface area contributed by atoms with Crippen molar-refractivity contribution in [2.45, 2.75) is 19.8 Å². The summed E-state index contributed by atoms with van der Waals surface area (Å²) in [6.07, 6.45) is 6.78. The molecule has 0 unspecified atom stereocenters. The van der Waals surface area contributed by atoms with E-state index in [0.29, 0.717) is 17.9 Å². The molecule has 39 heavy (non-hydrogen) atoms. The number of phenolic OH excluding ortho intramolecular Hbond substituents is 2. The second-order valence-corrected chi connectivity index (χ2v) is 8.59. The molecule has 0 spiro atoms. The fourth-order valence-electron chi connectivity index (χ4n) is 4.22. The highest BCUT2D eigenvalue weighted by Crippen LogP contribution is 2.41. The highest BCUT2D eigenvalue weighted by atomic mass is 16.4. The highest BCUT2D eigenvalue weighted by molar-refractivity contribution is 5.93. The third-order valence-corrected chi connectivity index (χ3v) is 5.96. The molecule has 0 saturated carbocycles. The van der Waals surface area contributed by atoms with Gasteiger partial charge in [-0.2, -0.15) is 0 Å². The maximum atomic E-state index is 11.0. The number of hydrogen-bond acceptors (Lipinski definition) is 4. The van der Waals surface area contributed by atoms with Crippen LogP contribution >= 0.6 is 0 Å². The van der Waals surface area contributed by atoms with E-state index < -0.39 is 11.9 Å². The smallest absolute Gasteiger partial charge is 0.328 e. The van der Waals surface area contributed by atoms with E-state index in [0.717, 1.165) is 52.0 Å². The van der Waals surface area contributed by atoms with Crippen LogP contribution in [0.1, 0.15) is 34.7 Å². The lowest BCUT2D eigenvalue weighted by molar-refractivity contribution is -0.132. The number of rotatable bonds is 5. The first-order chi connectivity index (χ1) is 18.8. The number of benzene rings is 4. The van der Waals surface area contributed by atoms with Gasteiger partial charge in [-0.3, -0.25) is 0 Å². The minimum atomic E-state index is -1.03. The first-order valence-electron chi connectivity index (χ1n) is 12.4. The van der Waals surface area contributed by atoms with Crippen LogP contribution in [-0.4, -0.2) is 32.4 Å². The number of hydrogen-bond donors (Lipinski definition) is 4. The van der Waals surface area contributed by atoms with Gasteiger partial charge in [0, 0.05) is 12.2 Å². The minimum absolute atomic E-state index is 0.322. The maximum absolute atomic E-state index is 11.0. The fourth-order valence-corrected chi connectivity index (χ4v) is 4.22. The Kier molecular flexibility index (Phi) is 10.2. The molecule has 198 valence electrons. The molecule has 1 aliphatic rings. The van der Waals surface area contributed by atoms with Crippen LogP contribution in [0.25, 0.3) is 23.3 Å². The average molecular weight is 523 g/mol. The second-order valence-electron chi connectivity index (χ2n) is 8.59. The molecule has 0 bridgehead atoms. The molecule has 0 radical (unpaired) electrons. The summed E-state index contributed by atoms with van der Waals surface area (Å²) in [5, 5.41) is 35.3. The van der Waals surface area contributed by atoms with Crippen LogP contribution < -0.4 is 0 Å². The lowest BCUT2D eigenvalue weighted by Crippen LogP contribution is -1.99. The zero-order chi connectivity index (χ0) is 28.2. The number of phenols is 2. The highest BCUT2D eigenvalue weighted by Gasteiger charge is 2.23. The van der Waals surface area contributed by atoms with Crippen molar-refractivity contribution >= 4 is 24.1 Å². The molecule has 4 aromatic carbocycles. The molecule has 0 saturated heterocycles. The largest absolute Gasteiger partial charge is 0.508 e. The average Bonchev–Trinajstić information content (AvgIpc) is 3.30. The molecule has 5 rings (SSSR count). The van der Waals surface area contributed by atoms with E-state index in [1.165, 1.54) is 5.56 Å². The topological polar surface area (TPSA) is 115 Å². The second kappa shape index (κ2) is 14.0. The number of aromatic hydroxyl groups is 2. The Labute approximate surface area is 227 Å². The van der Waals surface area contributed by atoms with Gasteiger partial charge in [0.05, 0.1) is 0 Å². The van der Waals surface area contributed by atoms with Gasteiger partial charge in [-0.05, 0) is 88.2 Å². The number of carboxylic acid groups (broad SMARTS) is 2. The van der Waals surface area contributed by atoms with Crippen LogP contribution in [0.15, 0.2) is 103 Å². The summed E-state index contributed by atoms with van der Waals surface area (Å²) >= 11 is 0. The number of carbonyl (C=O) groups is 2. The molecule has 4 N–H and O–H groups in total. The minimum Gasteiger partial charge on any atom is -0.508 e. The summed E-state index contributed by atoms with van der Waals surface area (Å²) in [7, 11) is 0. The Bertz CT molecular complexity index is 1430. The Hall–Kier alpha value is -5.10. The van der Waals surface area contributed by atoms with Gasteiger partial charge in [0.2, 0.25) is 0 Å². The van der Waals surface area contributed by atoms with Crippen molar-refractivity contribution in [3.63, 3.8) is 0 Å². The number of para-hydroxylation sites is 2. The Morgan fingerprint density at radius 2 is 1.18 bits per heavy atom. The Morgan fingerprint density at radius 3 is 1.64 bits per heavy atom. The molecule has 6 heteroatoms. The van der Waals surface area contributed by atoms with Crippen LogP contribution in [0, 0.1) is 0 Å². The van der Waals surface area contributed by atoms with Crippen LogP contribution in [-0.2, 0) is 22.4 Å². The van der Waals surface area contributed by atoms with Crippen LogP contribution in [0.5, 0.6) is 11.5 Å². The summed E-state index contributed by atoms with van der Waals surface area (Å²) in [5.41, 5.74) is 7.05. The number of aryl methyl sites for hydroxylation is 1. The monoisotopic (exact) mass is 522 g/mol. The van der Waals surface area contributed by atoms with Gasteiger partial charge < -0.3 is 20.4 Å². The maximum Gasteiger partial charge on any atom is 0.328 e. The lowest BCUT2D eigenvalue weighted by atomic mass is 9.90. The fraction of sp³-hybridized carbons (Fsp3) is 0.0909. The van der Waals surface area contributed by atoms with Crippen LogP contribution in [0.4, 0.5) is 0 Å². The number of fused-ring (bicyclic) bond motifs is 3. The van der Waals surface area contributed by atoms with Crippen molar-refractivity contribution in [2.75, 3.05) is 0 Å². The molecule has 0 atom stereocenters. The van der Waals surface area contributed by atoms with Crippen molar-refractivity contribution in [3.05, 3.63) is 131 Å². The van der Waals surface area contributed by atoms with Gasteiger partial charge in [-0.1, -0.05) is 73.7 Å². The molecule has 0 amide bonds. The van der Waals surface area contributed by atoms with E-state index >= 15 is 0 Å². The van der Waals surface area contributed by atoms with E-state index in [1.54, 1.807) is 60.7 Å². The number of aliphatic carboxylic acids is 2.